The van der Waals surface area contributed by atoms with Crippen LogP contribution in [0.25, 0.3) is 10.1 Å². The predicted molar refractivity (Wildman–Crippen MR) is 60.7 cm³/mol. The van der Waals surface area contributed by atoms with Crippen molar-refractivity contribution in [3.8, 4) is 0 Å². The van der Waals surface area contributed by atoms with E-state index in [2.05, 4.69) is 12.6 Å². The van der Waals surface area contributed by atoms with E-state index in [0.717, 1.165) is 10.3 Å². The third-order valence-electron chi connectivity index (χ3n) is 1.80. The number of fused-ring (bicyclic) bond motifs is 1. The molecule has 0 fully saturated rings. The van der Waals surface area contributed by atoms with Crippen molar-refractivity contribution in [3.63, 3.8) is 0 Å². The molecule has 6 heteroatoms. The Labute approximate surface area is 93.9 Å². The molecule has 0 radical (unpaired) electrons. The highest BCUT2D eigenvalue weighted by Gasteiger charge is 2.16. The third kappa shape index (κ3) is 1.47. The number of thiol groups is 1. The number of hydrogen-bond donors (Lipinski definition) is 1. The molecule has 1 aromatic heterocycles. The van der Waals surface area contributed by atoms with Crippen LogP contribution in [0.2, 0.25) is 5.02 Å². The summed E-state index contributed by atoms with van der Waals surface area (Å²) >= 11 is 11.3. The summed E-state index contributed by atoms with van der Waals surface area (Å²) in [5.74, 6) is 0. The highest BCUT2D eigenvalue weighted by molar-refractivity contribution is 7.80. The van der Waals surface area contributed by atoms with E-state index in [0.29, 0.717) is 9.72 Å². The zero-order valence-corrected chi connectivity index (χ0v) is 9.20. The van der Waals surface area contributed by atoms with Crippen molar-refractivity contribution < 1.29 is 4.92 Å². The Morgan fingerprint density at radius 3 is 2.86 bits per heavy atom. The minimum Gasteiger partial charge on any atom is -0.258 e. The van der Waals surface area contributed by atoms with Crippen LogP contribution in [0.4, 0.5) is 5.69 Å². The monoisotopic (exact) mass is 245 g/mol. The lowest BCUT2D eigenvalue weighted by molar-refractivity contribution is -0.382. The molecule has 3 nitrogen and oxygen atoms in total. The second-order valence-corrected chi connectivity index (χ2v) is 4.48. The number of halogens is 1. The number of nitro groups is 1. The van der Waals surface area contributed by atoms with Crippen LogP contribution in [0.3, 0.4) is 0 Å². The number of rotatable bonds is 1. The maximum Gasteiger partial charge on any atom is 0.288 e. The summed E-state index contributed by atoms with van der Waals surface area (Å²) in [6.45, 7) is 0. The maximum absolute atomic E-state index is 10.7. The van der Waals surface area contributed by atoms with Crippen LogP contribution in [0, 0.1) is 10.1 Å². The highest BCUT2D eigenvalue weighted by Crippen LogP contribution is 2.37. The minimum absolute atomic E-state index is 0.0396. The van der Waals surface area contributed by atoms with E-state index in [1.807, 2.05) is 0 Å². The second kappa shape index (κ2) is 3.42. The van der Waals surface area contributed by atoms with Gasteiger partial charge in [0, 0.05) is 26.8 Å². The minimum atomic E-state index is -0.433. The highest BCUT2D eigenvalue weighted by atomic mass is 35.5. The molecule has 0 N–H and O–H groups in total. The number of nitrogens with zero attached hydrogens (tertiary/aromatic N) is 1. The number of non-ortho nitro benzene ring substituents is 1. The van der Waals surface area contributed by atoms with Gasteiger partial charge in [0.25, 0.3) is 5.69 Å². The first-order valence-corrected chi connectivity index (χ1v) is 5.34. The van der Waals surface area contributed by atoms with E-state index in [-0.39, 0.29) is 5.69 Å². The Morgan fingerprint density at radius 2 is 2.21 bits per heavy atom. The fourth-order valence-electron chi connectivity index (χ4n) is 1.21. The largest absolute Gasteiger partial charge is 0.288 e. The van der Waals surface area contributed by atoms with Crippen LogP contribution in [0.1, 0.15) is 0 Å². The normalized spacial score (nSPS) is 10.7. The van der Waals surface area contributed by atoms with Gasteiger partial charge in [-0.1, -0.05) is 11.6 Å². The van der Waals surface area contributed by atoms with Crippen molar-refractivity contribution in [2.45, 2.75) is 4.90 Å². The predicted octanol–water partition coefficient (Wildman–Crippen LogP) is 3.75. The molecule has 2 aromatic rings. The summed E-state index contributed by atoms with van der Waals surface area (Å²) in [5, 5.41) is 13.6. The molecule has 1 heterocycles. The van der Waals surface area contributed by atoms with E-state index in [4.69, 9.17) is 11.6 Å². The van der Waals surface area contributed by atoms with Crippen molar-refractivity contribution in [3.05, 3.63) is 32.6 Å². The summed E-state index contributed by atoms with van der Waals surface area (Å²) in [5.41, 5.74) is 0.0396. The van der Waals surface area contributed by atoms with Crippen LogP contribution >= 0.6 is 35.6 Å². The number of hydrogen-bond acceptors (Lipinski definition) is 4. The van der Waals surface area contributed by atoms with E-state index in [1.165, 1.54) is 17.4 Å². The van der Waals surface area contributed by atoms with Crippen LogP contribution in [-0.2, 0) is 0 Å². The molecule has 0 atom stereocenters. The second-order valence-electron chi connectivity index (χ2n) is 2.68. The van der Waals surface area contributed by atoms with E-state index in [9.17, 15) is 10.1 Å². The zero-order chi connectivity index (χ0) is 10.3. The molecule has 0 amide bonds. The molecule has 0 saturated heterocycles. The molecular formula is C8H4ClNO2S2. The van der Waals surface area contributed by atoms with Gasteiger partial charge in [0.15, 0.2) is 0 Å². The summed E-state index contributed by atoms with van der Waals surface area (Å²) in [6.07, 6.45) is 0. The summed E-state index contributed by atoms with van der Waals surface area (Å²) in [4.78, 5) is 11.0. The molecule has 0 bridgehead atoms. The Bertz CT molecular complexity index is 523. The number of thiophene rings is 1. The molecule has 1 aromatic carbocycles. The van der Waals surface area contributed by atoms with Gasteiger partial charge < -0.3 is 0 Å². The topological polar surface area (TPSA) is 43.1 Å². The van der Waals surface area contributed by atoms with Crippen molar-refractivity contribution >= 4 is 51.3 Å². The smallest absolute Gasteiger partial charge is 0.258 e. The van der Waals surface area contributed by atoms with Gasteiger partial charge in [-0.25, -0.2) is 0 Å². The first-order valence-electron chi connectivity index (χ1n) is 3.63. The zero-order valence-electron chi connectivity index (χ0n) is 6.73. The summed E-state index contributed by atoms with van der Waals surface area (Å²) < 4.78 is 0.615. The molecule has 0 aliphatic rings. The van der Waals surface area contributed by atoms with Crippen molar-refractivity contribution in [2.24, 2.45) is 0 Å². The Balaban J connectivity index is 2.88. The molecule has 0 unspecified atom stereocenters. The van der Waals surface area contributed by atoms with E-state index >= 15 is 0 Å². The first kappa shape index (κ1) is 9.76. The lowest BCUT2D eigenvalue weighted by Gasteiger charge is -1.95. The van der Waals surface area contributed by atoms with Crippen LogP contribution < -0.4 is 0 Å². The summed E-state index contributed by atoms with van der Waals surface area (Å²) in [7, 11) is 0. The fourth-order valence-corrected chi connectivity index (χ4v) is 2.74. The Morgan fingerprint density at radius 1 is 1.50 bits per heavy atom. The molecule has 0 aliphatic heterocycles. The van der Waals surface area contributed by atoms with Gasteiger partial charge in [-0.05, 0) is 6.07 Å². The average Bonchev–Trinajstić information content (AvgIpc) is 2.47. The Hall–Kier alpha value is -0.780. The van der Waals surface area contributed by atoms with Gasteiger partial charge >= 0.3 is 0 Å². The van der Waals surface area contributed by atoms with Gasteiger partial charge in [0.1, 0.15) is 4.70 Å². The van der Waals surface area contributed by atoms with Crippen LogP contribution in [0.5, 0.6) is 0 Å². The van der Waals surface area contributed by atoms with Gasteiger partial charge in [-0.3, -0.25) is 10.1 Å². The summed E-state index contributed by atoms with van der Waals surface area (Å²) in [6, 6.07) is 3.04. The van der Waals surface area contributed by atoms with Crippen molar-refractivity contribution in [1.82, 2.24) is 0 Å². The molecule has 72 valence electrons. The van der Waals surface area contributed by atoms with E-state index < -0.39 is 4.92 Å². The lowest BCUT2D eigenvalue weighted by Crippen LogP contribution is -1.87. The van der Waals surface area contributed by atoms with E-state index in [1.54, 1.807) is 11.4 Å². The Kier molecular flexibility index (Phi) is 2.38. The van der Waals surface area contributed by atoms with Crippen molar-refractivity contribution in [2.75, 3.05) is 0 Å². The molecule has 0 aliphatic carbocycles. The molecule has 2 rings (SSSR count). The van der Waals surface area contributed by atoms with Gasteiger partial charge in [0.2, 0.25) is 0 Å². The standard InChI is InChI=1S/C8H4ClNO2S2/c9-4-1-5-7(13)3-14-8(5)6(2-4)10(11)12/h1-3,13H. The van der Waals surface area contributed by atoms with Crippen LogP contribution in [0.15, 0.2) is 22.4 Å². The SMILES string of the molecule is O=[N+]([O-])c1cc(Cl)cc2c(S)csc12. The molecule has 0 spiro atoms. The van der Waals surface area contributed by atoms with Crippen molar-refractivity contribution in [1.29, 1.82) is 0 Å². The average molecular weight is 246 g/mol. The molecule has 0 saturated carbocycles. The molecule has 14 heavy (non-hydrogen) atoms. The lowest BCUT2D eigenvalue weighted by atomic mass is 10.2. The van der Waals surface area contributed by atoms with Gasteiger partial charge in [-0.2, -0.15) is 0 Å². The number of nitro benzene ring substituents is 1. The first-order chi connectivity index (χ1) is 6.59. The van der Waals surface area contributed by atoms with Crippen LogP contribution in [-0.4, -0.2) is 4.92 Å². The number of benzene rings is 1. The van der Waals surface area contributed by atoms with Gasteiger partial charge in [0.05, 0.1) is 4.92 Å². The fraction of sp³-hybridized carbons (Fsp3) is 0. The maximum atomic E-state index is 10.7. The third-order valence-corrected chi connectivity index (χ3v) is 3.58. The molecular weight excluding hydrogens is 242 g/mol. The quantitative estimate of drug-likeness (QED) is 0.472. The van der Waals surface area contributed by atoms with Gasteiger partial charge in [-0.15, -0.1) is 24.0 Å².